The van der Waals surface area contributed by atoms with Crippen LogP contribution in [0.4, 0.5) is 5.69 Å². The van der Waals surface area contributed by atoms with Crippen LogP contribution in [0, 0.1) is 0 Å². The summed E-state index contributed by atoms with van der Waals surface area (Å²) in [5, 5.41) is 1.01. The SMILES string of the molecule is Nc1cc(OCCN2CCOCC2)cc2cccnc12. The number of morpholine rings is 1. The highest BCUT2D eigenvalue weighted by atomic mass is 16.5. The molecule has 2 N–H and O–H groups in total. The summed E-state index contributed by atoms with van der Waals surface area (Å²) < 4.78 is 11.1. The number of hydrogen-bond donors (Lipinski definition) is 1. The van der Waals surface area contributed by atoms with E-state index in [-0.39, 0.29) is 0 Å². The van der Waals surface area contributed by atoms with E-state index in [9.17, 15) is 0 Å². The summed E-state index contributed by atoms with van der Waals surface area (Å²) in [6.07, 6.45) is 1.75. The minimum atomic E-state index is 0.657. The van der Waals surface area contributed by atoms with Crippen molar-refractivity contribution in [1.29, 1.82) is 0 Å². The van der Waals surface area contributed by atoms with E-state index in [4.69, 9.17) is 15.2 Å². The first-order chi connectivity index (χ1) is 9.83. The number of benzene rings is 1. The van der Waals surface area contributed by atoms with Gasteiger partial charge in [0.15, 0.2) is 0 Å². The van der Waals surface area contributed by atoms with E-state index in [1.54, 1.807) is 6.20 Å². The Morgan fingerprint density at radius 1 is 1.30 bits per heavy atom. The predicted molar refractivity (Wildman–Crippen MR) is 78.9 cm³/mol. The Morgan fingerprint density at radius 2 is 2.15 bits per heavy atom. The Kier molecular flexibility index (Phi) is 3.99. The molecule has 106 valence electrons. The van der Waals surface area contributed by atoms with Crippen molar-refractivity contribution in [3.05, 3.63) is 30.5 Å². The number of fused-ring (bicyclic) bond motifs is 1. The van der Waals surface area contributed by atoms with Gasteiger partial charge < -0.3 is 15.2 Å². The van der Waals surface area contributed by atoms with Crippen LogP contribution in [0.3, 0.4) is 0 Å². The first-order valence-electron chi connectivity index (χ1n) is 6.90. The lowest BCUT2D eigenvalue weighted by Crippen LogP contribution is -2.38. The van der Waals surface area contributed by atoms with Gasteiger partial charge in [0.1, 0.15) is 12.4 Å². The van der Waals surface area contributed by atoms with Crippen molar-refractivity contribution in [3.63, 3.8) is 0 Å². The molecule has 3 rings (SSSR count). The molecule has 0 radical (unpaired) electrons. The van der Waals surface area contributed by atoms with E-state index in [2.05, 4.69) is 9.88 Å². The van der Waals surface area contributed by atoms with Crippen molar-refractivity contribution in [2.75, 3.05) is 45.2 Å². The van der Waals surface area contributed by atoms with Crippen LogP contribution >= 0.6 is 0 Å². The zero-order valence-electron chi connectivity index (χ0n) is 11.4. The highest BCUT2D eigenvalue weighted by molar-refractivity contribution is 5.90. The van der Waals surface area contributed by atoms with Gasteiger partial charge in [0, 0.05) is 37.3 Å². The second-order valence-corrected chi connectivity index (χ2v) is 4.89. The molecule has 0 saturated carbocycles. The van der Waals surface area contributed by atoms with Crippen molar-refractivity contribution < 1.29 is 9.47 Å². The van der Waals surface area contributed by atoms with Gasteiger partial charge in [-0.3, -0.25) is 9.88 Å². The molecule has 0 amide bonds. The van der Waals surface area contributed by atoms with Crippen LogP contribution in [-0.4, -0.2) is 49.3 Å². The number of ether oxygens (including phenoxy) is 2. The largest absolute Gasteiger partial charge is 0.492 e. The van der Waals surface area contributed by atoms with Crippen LogP contribution in [0.15, 0.2) is 30.5 Å². The molecule has 2 heterocycles. The molecule has 0 bridgehead atoms. The normalized spacial score (nSPS) is 16.4. The summed E-state index contributed by atoms with van der Waals surface area (Å²) in [7, 11) is 0. The Balaban J connectivity index is 1.62. The maximum absolute atomic E-state index is 6.00. The lowest BCUT2D eigenvalue weighted by atomic mass is 10.2. The third-order valence-corrected chi connectivity index (χ3v) is 3.49. The minimum Gasteiger partial charge on any atom is -0.492 e. The van der Waals surface area contributed by atoms with Crippen molar-refractivity contribution in [1.82, 2.24) is 9.88 Å². The number of pyridine rings is 1. The van der Waals surface area contributed by atoms with Crippen LogP contribution in [0.5, 0.6) is 5.75 Å². The van der Waals surface area contributed by atoms with Gasteiger partial charge in [-0.1, -0.05) is 6.07 Å². The molecular formula is C15H19N3O2. The van der Waals surface area contributed by atoms with Crippen molar-refractivity contribution in [2.24, 2.45) is 0 Å². The maximum Gasteiger partial charge on any atom is 0.122 e. The first kappa shape index (κ1) is 13.1. The van der Waals surface area contributed by atoms with Crippen molar-refractivity contribution in [2.45, 2.75) is 0 Å². The van der Waals surface area contributed by atoms with Gasteiger partial charge in [0.05, 0.1) is 24.4 Å². The summed E-state index contributed by atoms with van der Waals surface area (Å²) in [5.41, 5.74) is 7.49. The quantitative estimate of drug-likeness (QED) is 0.856. The zero-order chi connectivity index (χ0) is 13.8. The summed E-state index contributed by atoms with van der Waals surface area (Å²) in [5.74, 6) is 0.802. The van der Waals surface area contributed by atoms with Gasteiger partial charge in [0.25, 0.3) is 0 Å². The summed E-state index contributed by atoms with van der Waals surface area (Å²) in [6.45, 7) is 5.16. The van der Waals surface area contributed by atoms with E-state index in [0.717, 1.165) is 49.5 Å². The van der Waals surface area contributed by atoms with Gasteiger partial charge in [-0.15, -0.1) is 0 Å². The third-order valence-electron chi connectivity index (χ3n) is 3.49. The highest BCUT2D eigenvalue weighted by Crippen LogP contribution is 2.25. The van der Waals surface area contributed by atoms with E-state index < -0.39 is 0 Å². The Morgan fingerprint density at radius 3 is 3.00 bits per heavy atom. The average Bonchev–Trinajstić information content (AvgIpc) is 2.48. The molecule has 1 aliphatic rings. The lowest BCUT2D eigenvalue weighted by molar-refractivity contribution is 0.0322. The molecule has 5 heteroatoms. The third kappa shape index (κ3) is 3.00. The van der Waals surface area contributed by atoms with Crippen LogP contribution in [-0.2, 0) is 4.74 Å². The molecule has 0 unspecified atom stereocenters. The molecule has 2 aromatic rings. The molecular weight excluding hydrogens is 254 g/mol. The van der Waals surface area contributed by atoms with E-state index in [1.807, 2.05) is 24.3 Å². The Hall–Kier alpha value is -1.85. The standard InChI is InChI=1S/C15H19N3O2/c16-14-11-13(10-12-2-1-3-17-15(12)14)20-9-6-18-4-7-19-8-5-18/h1-3,10-11H,4-9,16H2. The summed E-state index contributed by atoms with van der Waals surface area (Å²) >= 11 is 0. The Labute approximate surface area is 118 Å². The van der Waals surface area contributed by atoms with Gasteiger partial charge >= 0.3 is 0 Å². The topological polar surface area (TPSA) is 60.6 Å². The van der Waals surface area contributed by atoms with Crippen LogP contribution in [0.25, 0.3) is 10.9 Å². The van der Waals surface area contributed by atoms with Crippen LogP contribution < -0.4 is 10.5 Å². The number of anilines is 1. The first-order valence-corrected chi connectivity index (χ1v) is 6.90. The van der Waals surface area contributed by atoms with E-state index >= 15 is 0 Å². The number of nitrogens with two attached hydrogens (primary N) is 1. The molecule has 1 aromatic carbocycles. The minimum absolute atomic E-state index is 0.657. The van der Waals surface area contributed by atoms with Crippen molar-refractivity contribution in [3.8, 4) is 5.75 Å². The Bertz CT molecular complexity index is 582. The molecule has 1 aliphatic heterocycles. The molecule has 0 spiro atoms. The number of hydrogen-bond acceptors (Lipinski definition) is 5. The zero-order valence-corrected chi connectivity index (χ0v) is 11.4. The lowest BCUT2D eigenvalue weighted by Gasteiger charge is -2.26. The van der Waals surface area contributed by atoms with Gasteiger partial charge in [0.2, 0.25) is 0 Å². The molecule has 0 atom stereocenters. The van der Waals surface area contributed by atoms with E-state index in [1.165, 1.54) is 0 Å². The van der Waals surface area contributed by atoms with Crippen LogP contribution in [0.1, 0.15) is 0 Å². The van der Waals surface area contributed by atoms with Crippen molar-refractivity contribution >= 4 is 16.6 Å². The van der Waals surface area contributed by atoms with E-state index in [0.29, 0.717) is 12.3 Å². The number of aromatic nitrogens is 1. The fourth-order valence-corrected chi connectivity index (χ4v) is 2.39. The average molecular weight is 273 g/mol. The summed E-state index contributed by atoms with van der Waals surface area (Å²) in [6, 6.07) is 7.72. The second-order valence-electron chi connectivity index (χ2n) is 4.89. The van der Waals surface area contributed by atoms with Gasteiger partial charge in [-0.05, 0) is 12.1 Å². The molecule has 1 fully saturated rings. The maximum atomic E-state index is 6.00. The number of nitrogen functional groups attached to an aromatic ring is 1. The fourth-order valence-electron chi connectivity index (χ4n) is 2.39. The second kappa shape index (κ2) is 6.07. The van der Waals surface area contributed by atoms with Gasteiger partial charge in [-0.2, -0.15) is 0 Å². The summed E-state index contributed by atoms with van der Waals surface area (Å²) in [4.78, 5) is 6.62. The predicted octanol–water partition coefficient (Wildman–Crippen LogP) is 1.53. The number of nitrogens with zero attached hydrogens (tertiary/aromatic N) is 2. The molecule has 0 aliphatic carbocycles. The smallest absolute Gasteiger partial charge is 0.122 e. The monoisotopic (exact) mass is 273 g/mol. The molecule has 5 nitrogen and oxygen atoms in total. The van der Waals surface area contributed by atoms with Crippen LogP contribution in [0.2, 0.25) is 0 Å². The highest BCUT2D eigenvalue weighted by Gasteiger charge is 2.10. The fraction of sp³-hybridized carbons (Fsp3) is 0.400. The number of rotatable bonds is 4. The molecule has 20 heavy (non-hydrogen) atoms. The molecule has 1 aromatic heterocycles. The van der Waals surface area contributed by atoms with Gasteiger partial charge in [-0.25, -0.2) is 0 Å². The molecule has 1 saturated heterocycles.